The fourth-order valence-electron chi connectivity index (χ4n) is 6.81. The smallest absolute Gasteiger partial charge is 0.242 e. The number of aryl methyl sites for hydroxylation is 1. The number of hydrogen-bond acceptors (Lipinski definition) is 7. The summed E-state index contributed by atoms with van der Waals surface area (Å²) in [6.07, 6.45) is 11.5. The van der Waals surface area contributed by atoms with Crippen molar-refractivity contribution in [1.82, 2.24) is 36.1 Å². The zero-order chi connectivity index (χ0) is 39.4. The van der Waals surface area contributed by atoms with Crippen LogP contribution in [0.1, 0.15) is 87.7 Å². The molecule has 3 aliphatic rings. The molecule has 2 heterocycles. The van der Waals surface area contributed by atoms with E-state index in [2.05, 4.69) is 54.8 Å². The summed E-state index contributed by atoms with van der Waals surface area (Å²) in [5.41, 5.74) is 5.48. The average molecular weight is 759 g/mol. The number of imidazole rings is 1. The molecule has 12 nitrogen and oxygen atoms in total. The predicted molar refractivity (Wildman–Crippen MR) is 218 cm³/mol. The van der Waals surface area contributed by atoms with Crippen molar-refractivity contribution in [2.75, 3.05) is 26.2 Å². The van der Waals surface area contributed by atoms with Gasteiger partial charge in [0.1, 0.15) is 11.9 Å². The van der Waals surface area contributed by atoms with Crippen LogP contribution in [0.15, 0.2) is 65.9 Å². The summed E-state index contributed by atoms with van der Waals surface area (Å²) in [6.45, 7) is 9.41. The van der Waals surface area contributed by atoms with Crippen molar-refractivity contribution in [3.05, 3.63) is 83.4 Å². The maximum absolute atomic E-state index is 12.9. The number of nitrogens with zero attached hydrogens (tertiary/aromatic N) is 3. The first-order valence-electron chi connectivity index (χ1n) is 20.0. The third-order valence-electron chi connectivity index (χ3n) is 10.5. The number of nitrogens with one attached hydrogen (secondary N) is 5. The Labute approximate surface area is 329 Å². The van der Waals surface area contributed by atoms with E-state index < -0.39 is 6.04 Å². The third kappa shape index (κ3) is 11.4. The van der Waals surface area contributed by atoms with Gasteiger partial charge in [-0.25, -0.2) is 4.98 Å². The minimum Gasteiger partial charge on any atom is -0.381 e. The van der Waals surface area contributed by atoms with Crippen molar-refractivity contribution < 1.29 is 19.2 Å². The van der Waals surface area contributed by atoms with Crippen LogP contribution in [0.25, 0.3) is 17.0 Å². The number of H-pyrrole nitrogens is 1. The number of amides is 4. The first-order chi connectivity index (χ1) is 27.2. The number of carbonyl (C=O) groups is 4. The molecule has 1 aromatic heterocycles. The predicted octanol–water partition coefficient (Wildman–Crippen LogP) is 4.57. The molecular weight excluding hydrogens is 705 g/mol. The number of aliphatic imine (C=N–C) groups is 1. The highest BCUT2D eigenvalue weighted by molar-refractivity contribution is 5.89. The molecule has 2 saturated carbocycles. The Morgan fingerprint density at radius 1 is 0.911 bits per heavy atom. The Bertz CT molecular complexity index is 1950. The lowest BCUT2D eigenvalue weighted by atomic mass is 10.0. The highest BCUT2D eigenvalue weighted by atomic mass is 16.2. The van der Waals surface area contributed by atoms with Crippen molar-refractivity contribution in [2.24, 2.45) is 22.7 Å². The Morgan fingerprint density at radius 3 is 2.25 bits per heavy atom. The second kappa shape index (κ2) is 19.2. The summed E-state index contributed by atoms with van der Waals surface area (Å²) in [7, 11) is 0. The maximum Gasteiger partial charge on any atom is 0.242 e. The van der Waals surface area contributed by atoms with Gasteiger partial charge in [-0.2, -0.15) is 0 Å². The summed E-state index contributed by atoms with van der Waals surface area (Å²) in [5.74, 6) is 7.40. The van der Waals surface area contributed by atoms with E-state index in [0.29, 0.717) is 19.6 Å². The number of aromatic nitrogens is 2. The van der Waals surface area contributed by atoms with Crippen molar-refractivity contribution in [3.63, 3.8) is 0 Å². The molecule has 1 saturated heterocycles. The summed E-state index contributed by atoms with van der Waals surface area (Å²) in [6, 6.07) is 15.5. The molecule has 0 spiro atoms. The van der Waals surface area contributed by atoms with Crippen LogP contribution in [0.4, 0.5) is 0 Å². The first kappa shape index (κ1) is 40.0. The summed E-state index contributed by atoms with van der Waals surface area (Å²) >= 11 is 0. The first-order valence-corrected chi connectivity index (χ1v) is 20.0. The molecule has 2 atom stereocenters. The summed E-state index contributed by atoms with van der Waals surface area (Å²) in [4.78, 5) is 63.6. The molecule has 5 N–H and O–H groups in total. The molecule has 2 aliphatic carbocycles. The fourth-order valence-corrected chi connectivity index (χ4v) is 6.81. The highest BCUT2D eigenvalue weighted by Gasteiger charge is 2.34. The minimum absolute atomic E-state index is 0.00944. The fraction of sp³-hybridized carbons (Fsp3) is 0.455. The van der Waals surface area contributed by atoms with Gasteiger partial charge in [0.15, 0.2) is 0 Å². The minimum atomic E-state index is -0.500. The Kier molecular flexibility index (Phi) is 13.7. The second-order valence-corrected chi connectivity index (χ2v) is 15.4. The summed E-state index contributed by atoms with van der Waals surface area (Å²) < 4.78 is 0. The van der Waals surface area contributed by atoms with E-state index in [1.165, 1.54) is 0 Å². The molecule has 3 fully saturated rings. The van der Waals surface area contributed by atoms with Crippen LogP contribution in [0.5, 0.6) is 0 Å². The van der Waals surface area contributed by atoms with E-state index in [0.717, 1.165) is 97.3 Å². The molecule has 2 aromatic carbocycles. The second-order valence-electron chi connectivity index (χ2n) is 15.4. The van der Waals surface area contributed by atoms with Gasteiger partial charge >= 0.3 is 0 Å². The van der Waals surface area contributed by atoms with Crippen molar-refractivity contribution >= 4 is 36.0 Å². The lowest BCUT2D eigenvalue weighted by Gasteiger charge is -2.26. The van der Waals surface area contributed by atoms with Crippen LogP contribution < -0.4 is 21.3 Å². The van der Waals surface area contributed by atoms with Gasteiger partial charge in [0.25, 0.3) is 0 Å². The number of aromatic amines is 1. The number of unbranched alkanes of at least 4 members (excludes halogenated alkanes) is 1. The van der Waals surface area contributed by atoms with Crippen molar-refractivity contribution in [2.45, 2.75) is 83.7 Å². The number of rotatable bonds is 18. The molecule has 2 unspecified atom stereocenters. The third-order valence-corrected chi connectivity index (χ3v) is 10.5. The molecule has 0 bridgehead atoms. The Morgan fingerprint density at radius 2 is 1.59 bits per heavy atom. The van der Waals surface area contributed by atoms with Gasteiger partial charge < -0.3 is 31.2 Å². The molecule has 4 amide bonds. The standard InChI is InChI=1S/C44H54N8O4/c1-29(2)41(51-43(55)35-21-22-35)44(56)46-23-5-4-8-39-48-27-38(50-39)33-17-13-31(14-18-33)10-9-30-11-15-32(16-12-30)37(26-45-3)47-25-36-7-6-24-52(36)40(53)28-49-42(54)34-19-20-34/h11-18,26-27,29,34-36,41,47H,3-8,19-25,28H2,1-2H3,(H,46,56)(H,48,50)(H,49,54)(H,51,55)/b37-26-. The summed E-state index contributed by atoms with van der Waals surface area (Å²) in [5, 5.41) is 12.2. The topological polar surface area (TPSA) is 161 Å². The lowest BCUT2D eigenvalue weighted by Crippen LogP contribution is -2.50. The van der Waals surface area contributed by atoms with Crippen LogP contribution in [-0.4, -0.2) is 83.5 Å². The molecule has 3 aromatic rings. The number of carbonyl (C=O) groups excluding carboxylic acids is 4. The van der Waals surface area contributed by atoms with E-state index in [9.17, 15) is 19.2 Å². The van der Waals surface area contributed by atoms with Crippen LogP contribution in [-0.2, 0) is 25.6 Å². The molecule has 12 heteroatoms. The van der Waals surface area contributed by atoms with Crippen LogP contribution in [0, 0.1) is 29.6 Å². The maximum atomic E-state index is 12.9. The van der Waals surface area contributed by atoms with E-state index in [4.69, 9.17) is 0 Å². The van der Waals surface area contributed by atoms with Gasteiger partial charge in [-0.15, -0.1) is 0 Å². The van der Waals surface area contributed by atoms with E-state index >= 15 is 0 Å². The van der Waals surface area contributed by atoms with Crippen LogP contribution in [0.2, 0.25) is 0 Å². The van der Waals surface area contributed by atoms with Gasteiger partial charge in [0.05, 0.1) is 24.1 Å². The monoisotopic (exact) mass is 758 g/mol. The quantitative estimate of drug-likeness (QED) is 0.0726. The van der Waals surface area contributed by atoms with Gasteiger partial charge in [0, 0.05) is 61.3 Å². The van der Waals surface area contributed by atoms with Crippen LogP contribution in [0.3, 0.4) is 0 Å². The van der Waals surface area contributed by atoms with E-state index in [1.54, 1.807) is 6.20 Å². The van der Waals surface area contributed by atoms with Crippen LogP contribution >= 0.6 is 0 Å². The number of benzene rings is 2. The van der Waals surface area contributed by atoms with E-state index in [-0.39, 0.29) is 54.0 Å². The molecule has 294 valence electrons. The molecule has 6 rings (SSSR count). The number of likely N-dealkylation sites (tertiary alicyclic amines) is 1. The van der Waals surface area contributed by atoms with Gasteiger partial charge in [0.2, 0.25) is 23.6 Å². The average Bonchev–Trinajstić information content (AvgIpc) is 4.14. The SMILES string of the molecule is C=N/C=C(\NCC1CCCN1C(=O)CNC(=O)C1CC1)c1ccc(C#Cc2ccc(-c3cnc(CCCCNC(=O)C(NC(=O)C4CC4)C(C)C)[nH]3)cc2)cc1. The van der Waals surface area contributed by atoms with Crippen molar-refractivity contribution in [3.8, 4) is 23.1 Å². The Hall–Kier alpha value is -5.70. The van der Waals surface area contributed by atoms with Gasteiger partial charge in [-0.3, -0.25) is 24.2 Å². The molecule has 56 heavy (non-hydrogen) atoms. The largest absolute Gasteiger partial charge is 0.381 e. The molecule has 1 aliphatic heterocycles. The normalized spacial score (nSPS) is 17.1. The van der Waals surface area contributed by atoms with Gasteiger partial charge in [-0.1, -0.05) is 50.0 Å². The number of hydrogen-bond donors (Lipinski definition) is 5. The lowest BCUT2D eigenvalue weighted by molar-refractivity contribution is -0.133. The molecule has 0 radical (unpaired) electrons. The Balaban J connectivity index is 0.935. The van der Waals surface area contributed by atoms with Crippen molar-refractivity contribution in [1.29, 1.82) is 0 Å². The molecular formula is C44H54N8O4. The zero-order valence-electron chi connectivity index (χ0n) is 32.5. The highest BCUT2D eigenvalue weighted by Crippen LogP contribution is 2.30. The zero-order valence-corrected chi connectivity index (χ0v) is 32.5. The van der Waals surface area contributed by atoms with Gasteiger partial charge in [-0.05, 0) is 99.4 Å². The van der Waals surface area contributed by atoms with E-state index in [1.807, 2.05) is 73.5 Å².